The summed E-state index contributed by atoms with van der Waals surface area (Å²) in [6.45, 7) is 4.51. The molecule has 0 bridgehead atoms. The van der Waals surface area contributed by atoms with E-state index in [1.807, 2.05) is 48.5 Å². The smallest absolute Gasteiger partial charge is 0.161 e. The monoisotopic (exact) mass is 757 g/mol. The summed E-state index contributed by atoms with van der Waals surface area (Å²) in [6, 6.07) is 65.0. The number of furan rings is 2. The molecule has 11 rings (SSSR count). The maximum absolute atomic E-state index is 6.60. The van der Waals surface area contributed by atoms with Crippen LogP contribution in [-0.2, 0) is 6.54 Å². The first-order valence-corrected chi connectivity index (χ1v) is 19.7. The second-order valence-corrected chi connectivity index (χ2v) is 14.8. The number of amidine groups is 2. The first kappa shape index (κ1) is 34.4. The summed E-state index contributed by atoms with van der Waals surface area (Å²) in [5, 5.41) is 8.65. The van der Waals surface area contributed by atoms with Gasteiger partial charge in [0.15, 0.2) is 11.7 Å². The molecule has 0 unspecified atom stereocenters. The number of aliphatic imine (C=N–C) groups is 3. The lowest BCUT2D eigenvalue weighted by Gasteiger charge is -2.14. The standard InChI is InChI=1S/C54H35N3O2/c1-55-54(57-53(56-33-34-23-24-35-13-5-6-16-37(35)29-34)38-25-26-45-44-19-9-11-21-48(44)58-50(45)31-38)47-30-39(32-51-52(47)46-20-10-12-22-49(46)59-51)41-28-27-40(36-14-3-2-4-15-36)42-17-7-8-18-43(41)42/h2-32H,1,33H2. The lowest BCUT2D eigenvalue weighted by atomic mass is 9.90. The molecule has 0 spiro atoms. The molecular formula is C54H35N3O2. The third-order valence-electron chi connectivity index (χ3n) is 11.3. The quantitative estimate of drug-likeness (QED) is 0.125. The minimum Gasteiger partial charge on any atom is -0.456 e. The van der Waals surface area contributed by atoms with Crippen molar-refractivity contribution >= 4 is 83.8 Å². The Kier molecular flexibility index (Phi) is 8.30. The van der Waals surface area contributed by atoms with Crippen LogP contribution in [0.2, 0.25) is 0 Å². The fraction of sp³-hybridized carbons (Fsp3) is 0.0185. The van der Waals surface area contributed by atoms with E-state index in [0.29, 0.717) is 18.2 Å². The van der Waals surface area contributed by atoms with E-state index in [0.717, 1.165) is 82.5 Å². The maximum atomic E-state index is 6.60. The average molecular weight is 758 g/mol. The molecule has 5 nitrogen and oxygen atoms in total. The lowest BCUT2D eigenvalue weighted by Crippen LogP contribution is -2.06. The Morgan fingerprint density at radius 3 is 1.85 bits per heavy atom. The lowest BCUT2D eigenvalue weighted by molar-refractivity contribution is 0.668. The summed E-state index contributed by atoms with van der Waals surface area (Å²) in [6.07, 6.45) is 0. The fourth-order valence-electron chi connectivity index (χ4n) is 8.45. The van der Waals surface area contributed by atoms with E-state index in [2.05, 4.69) is 151 Å². The Morgan fingerprint density at radius 1 is 0.441 bits per heavy atom. The summed E-state index contributed by atoms with van der Waals surface area (Å²) < 4.78 is 13.0. The molecule has 0 radical (unpaired) electrons. The number of hydrogen-bond donors (Lipinski definition) is 0. The molecule has 5 heteroatoms. The van der Waals surface area contributed by atoms with Crippen LogP contribution in [0.4, 0.5) is 0 Å². The van der Waals surface area contributed by atoms with Crippen LogP contribution in [0.3, 0.4) is 0 Å². The highest BCUT2D eigenvalue weighted by Gasteiger charge is 2.20. The number of fused-ring (bicyclic) bond motifs is 8. The number of hydrogen-bond acceptors (Lipinski definition) is 3. The molecule has 278 valence electrons. The van der Waals surface area contributed by atoms with Crippen LogP contribution in [0, 0.1) is 0 Å². The minimum absolute atomic E-state index is 0.413. The van der Waals surface area contributed by atoms with Gasteiger partial charge in [-0.25, -0.2) is 9.98 Å². The summed E-state index contributed by atoms with van der Waals surface area (Å²) in [4.78, 5) is 15.2. The third kappa shape index (κ3) is 6.08. The van der Waals surface area contributed by atoms with Crippen molar-refractivity contribution in [3.8, 4) is 22.3 Å². The van der Waals surface area contributed by atoms with E-state index >= 15 is 0 Å². The number of nitrogens with zero attached hydrogens (tertiary/aromatic N) is 3. The predicted molar refractivity (Wildman–Crippen MR) is 246 cm³/mol. The summed E-state index contributed by atoms with van der Waals surface area (Å²) in [5.41, 5.74) is 10.2. The first-order valence-electron chi connectivity index (χ1n) is 19.7. The van der Waals surface area contributed by atoms with Crippen molar-refractivity contribution in [3.63, 3.8) is 0 Å². The molecule has 0 atom stereocenters. The molecular weight excluding hydrogens is 723 g/mol. The summed E-state index contributed by atoms with van der Waals surface area (Å²) in [5.74, 6) is 0.961. The van der Waals surface area contributed by atoms with Crippen LogP contribution in [0.1, 0.15) is 16.7 Å². The molecule has 0 N–H and O–H groups in total. The van der Waals surface area contributed by atoms with Crippen molar-refractivity contribution in [2.45, 2.75) is 6.54 Å². The topological polar surface area (TPSA) is 63.4 Å². The molecule has 0 aliphatic heterocycles. The van der Waals surface area contributed by atoms with E-state index in [1.54, 1.807) is 0 Å². The van der Waals surface area contributed by atoms with Crippen molar-refractivity contribution in [2.75, 3.05) is 0 Å². The summed E-state index contributed by atoms with van der Waals surface area (Å²) in [7, 11) is 0. The van der Waals surface area contributed by atoms with Gasteiger partial charge in [0, 0.05) is 32.7 Å². The minimum atomic E-state index is 0.413. The Hall–Kier alpha value is -7.89. The van der Waals surface area contributed by atoms with E-state index < -0.39 is 0 Å². The fourth-order valence-corrected chi connectivity index (χ4v) is 8.45. The molecule has 59 heavy (non-hydrogen) atoms. The molecule has 0 saturated heterocycles. The van der Waals surface area contributed by atoms with Gasteiger partial charge in [-0.05, 0) is 98.5 Å². The van der Waals surface area contributed by atoms with Crippen LogP contribution >= 0.6 is 0 Å². The molecule has 9 aromatic carbocycles. The number of benzene rings is 9. The largest absolute Gasteiger partial charge is 0.456 e. The van der Waals surface area contributed by atoms with Gasteiger partial charge in [-0.15, -0.1) is 0 Å². The van der Waals surface area contributed by atoms with Crippen molar-refractivity contribution in [2.24, 2.45) is 15.0 Å². The SMILES string of the molecule is C=NC(=NC(=NCc1ccc2ccccc2c1)c1ccc2c(c1)oc1ccccc12)c1cc(-c2ccc(-c3ccccc3)c3ccccc23)cc2oc3ccccc3c12. The van der Waals surface area contributed by atoms with Gasteiger partial charge >= 0.3 is 0 Å². The second-order valence-electron chi connectivity index (χ2n) is 14.8. The molecule has 0 amide bonds. The van der Waals surface area contributed by atoms with Gasteiger partial charge in [-0.1, -0.05) is 146 Å². The molecule has 0 saturated carbocycles. The van der Waals surface area contributed by atoms with E-state index in [9.17, 15) is 0 Å². The zero-order valence-corrected chi connectivity index (χ0v) is 32.0. The van der Waals surface area contributed by atoms with Crippen molar-refractivity contribution in [1.82, 2.24) is 0 Å². The Balaban J connectivity index is 1.12. The summed E-state index contributed by atoms with van der Waals surface area (Å²) >= 11 is 0. The van der Waals surface area contributed by atoms with Crippen molar-refractivity contribution in [3.05, 3.63) is 205 Å². The second kappa shape index (κ2) is 14.2. The zero-order chi connectivity index (χ0) is 39.3. The van der Waals surface area contributed by atoms with Gasteiger partial charge in [0.2, 0.25) is 0 Å². The van der Waals surface area contributed by atoms with E-state index in [4.69, 9.17) is 18.8 Å². The molecule has 2 heterocycles. The Bertz CT molecular complexity index is 3500. The zero-order valence-electron chi connectivity index (χ0n) is 32.0. The number of rotatable bonds is 6. The molecule has 0 aliphatic rings. The average Bonchev–Trinajstić information content (AvgIpc) is 3.87. The highest BCUT2D eigenvalue weighted by molar-refractivity contribution is 6.23. The van der Waals surface area contributed by atoms with E-state index in [-0.39, 0.29) is 0 Å². The van der Waals surface area contributed by atoms with Crippen LogP contribution in [0.15, 0.2) is 212 Å². The maximum Gasteiger partial charge on any atom is 0.161 e. The van der Waals surface area contributed by atoms with Gasteiger partial charge in [-0.2, -0.15) is 0 Å². The van der Waals surface area contributed by atoms with Crippen LogP contribution < -0.4 is 0 Å². The Labute approximate surface area is 339 Å². The molecule has 11 aromatic rings. The molecule has 0 aliphatic carbocycles. The van der Waals surface area contributed by atoms with Gasteiger partial charge in [0.1, 0.15) is 22.3 Å². The number of para-hydroxylation sites is 2. The molecule has 2 aromatic heterocycles. The Morgan fingerprint density at radius 2 is 1.07 bits per heavy atom. The van der Waals surface area contributed by atoms with Crippen LogP contribution in [0.5, 0.6) is 0 Å². The van der Waals surface area contributed by atoms with Crippen LogP contribution in [-0.4, -0.2) is 18.4 Å². The predicted octanol–water partition coefficient (Wildman–Crippen LogP) is 14.2. The highest BCUT2D eigenvalue weighted by atomic mass is 16.3. The van der Waals surface area contributed by atoms with E-state index in [1.165, 1.54) is 21.9 Å². The van der Waals surface area contributed by atoms with Crippen molar-refractivity contribution in [1.29, 1.82) is 0 Å². The van der Waals surface area contributed by atoms with Gasteiger partial charge in [0.25, 0.3) is 0 Å². The first-order chi connectivity index (χ1) is 29.2. The van der Waals surface area contributed by atoms with Gasteiger partial charge in [-0.3, -0.25) is 4.99 Å². The molecule has 0 fully saturated rings. The van der Waals surface area contributed by atoms with Gasteiger partial charge < -0.3 is 8.83 Å². The van der Waals surface area contributed by atoms with Crippen LogP contribution in [0.25, 0.3) is 87.7 Å². The van der Waals surface area contributed by atoms with Gasteiger partial charge in [0.05, 0.1) is 6.54 Å². The third-order valence-corrected chi connectivity index (χ3v) is 11.3. The normalized spacial score (nSPS) is 12.4. The highest BCUT2D eigenvalue weighted by Crippen LogP contribution is 2.40. The van der Waals surface area contributed by atoms with Crippen molar-refractivity contribution < 1.29 is 8.83 Å².